The monoisotopic (exact) mass is 579 g/mol. The molecule has 0 aliphatic carbocycles. The third-order valence-electron chi connectivity index (χ3n) is 5.76. The first kappa shape index (κ1) is 31.0. The lowest BCUT2D eigenvalue weighted by Gasteiger charge is -2.29. The highest BCUT2D eigenvalue weighted by Crippen LogP contribution is 2.37. The lowest BCUT2D eigenvalue weighted by molar-refractivity contribution is -0.116. The minimum Gasteiger partial charge on any atom is -0.447 e. The second kappa shape index (κ2) is 12.8. The van der Waals surface area contributed by atoms with Crippen LogP contribution < -0.4 is 20.7 Å². The van der Waals surface area contributed by atoms with Gasteiger partial charge in [0.15, 0.2) is 0 Å². The predicted octanol–water partition coefficient (Wildman–Crippen LogP) is 4.80. The summed E-state index contributed by atoms with van der Waals surface area (Å²) in [5, 5.41) is 9.97. The first-order chi connectivity index (χ1) is 18.1. The Morgan fingerprint density at radius 2 is 1.90 bits per heavy atom. The van der Waals surface area contributed by atoms with Crippen LogP contribution in [0.5, 0.6) is 0 Å². The second-order valence-electron chi connectivity index (χ2n) is 11.6. The van der Waals surface area contributed by atoms with Crippen LogP contribution in [0.2, 0.25) is 0 Å². The van der Waals surface area contributed by atoms with E-state index in [1.807, 2.05) is 13.8 Å². The Bertz CT molecular complexity index is 1260. The van der Waals surface area contributed by atoms with Crippen molar-refractivity contribution in [2.75, 3.05) is 11.9 Å². The largest absolute Gasteiger partial charge is 0.447 e. The van der Waals surface area contributed by atoms with E-state index in [0.29, 0.717) is 29.1 Å². The van der Waals surface area contributed by atoms with Crippen molar-refractivity contribution in [2.45, 2.75) is 96.4 Å². The van der Waals surface area contributed by atoms with Crippen molar-refractivity contribution in [1.29, 1.82) is 0 Å². The minimum atomic E-state index is -3.91. The highest BCUT2D eigenvalue weighted by atomic mass is 32.2. The molecule has 0 saturated carbocycles. The van der Waals surface area contributed by atoms with Crippen LogP contribution in [0.25, 0.3) is 10.4 Å². The number of anilines is 1. The van der Waals surface area contributed by atoms with Gasteiger partial charge in [-0.2, -0.15) is 0 Å². The third-order valence-corrected chi connectivity index (χ3v) is 8.70. The van der Waals surface area contributed by atoms with Gasteiger partial charge < -0.3 is 20.7 Å². The minimum absolute atomic E-state index is 0.00901. The predicted molar refractivity (Wildman–Crippen MR) is 154 cm³/mol. The molecule has 216 valence electrons. The van der Waals surface area contributed by atoms with E-state index in [1.54, 1.807) is 52.9 Å². The molecule has 1 aromatic carbocycles. The Morgan fingerprint density at radius 1 is 1.18 bits per heavy atom. The van der Waals surface area contributed by atoms with Crippen LogP contribution in [0.1, 0.15) is 78.8 Å². The Labute approximate surface area is 235 Å². The molecule has 2 aromatic rings. The highest BCUT2D eigenvalue weighted by molar-refractivity contribution is 7.89. The van der Waals surface area contributed by atoms with Crippen molar-refractivity contribution in [3.8, 4) is 10.4 Å². The molecule has 3 rings (SSSR count). The van der Waals surface area contributed by atoms with Crippen LogP contribution in [0.3, 0.4) is 0 Å². The van der Waals surface area contributed by atoms with Gasteiger partial charge in [-0.1, -0.05) is 19.9 Å². The van der Waals surface area contributed by atoms with Gasteiger partial charge in [-0.3, -0.25) is 4.79 Å². The van der Waals surface area contributed by atoms with Crippen molar-refractivity contribution in [2.24, 2.45) is 5.92 Å². The quantitative estimate of drug-likeness (QED) is 0.335. The van der Waals surface area contributed by atoms with Gasteiger partial charge in [0.1, 0.15) is 5.01 Å². The first-order valence-corrected chi connectivity index (χ1v) is 15.6. The summed E-state index contributed by atoms with van der Waals surface area (Å²) in [5.41, 5.74) is 0.250. The van der Waals surface area contributed by atoms with E-state index in [2.05, 4.69) is 25.7 Å². The van der Waals surface area contributed by atoms with Crippen molar-refractivity contribution in [3.05, 3.63) is 29.4 Å². The van der Waals surface area contributed by atoms with Crippen molar-refractivity contribution >= 4 is 39.0 Å². The molecule has 1 saturated heterocycles. The zero-order chi connectivity index (χ0) is 29.0. The van der Waals surface area contributed by atoms with Crippen LogP contribution in [-0.4, -0.2) is 49.6 Å². The van der Waals surface area contributed by atoms with Crippen molar-refractivity contribution in [3.63, 3.8) is 0 Å². The number of rotatable bonds is 9. The molecule has 1 fully saturated rings. The van der Waals surface area contributed by atoms with Gasteiger partial charge in [0, 0.05) is 42.0 Å². The number of amides is 2. The summed E-state index contributed by atoms with van der Waals surface area (Å²) in [6, 6.07) is 4.89. The van der Waals surface area contributed by atoms with Crippen molar-refractivity contribution in [1.82, 2.24) is 20.3 Å². The van der Waals surface area contributed by atoms with Crippen LogP contribution >= 0.6 is 11.3 Å². The lowest BCUT2D eigenvalue weighted by Crippen LogP contribution is -2.47. The maximum atomic E-state index is 13.5. The number of piperidine rings is 1. The summed E-state index contributed by atoms with van der Waals surface area (Å²) in [5.74, 6) is 0.0116. The molecule has 39 heavy (non-hydrogen) atoms. The molecule has 2 amide bonds. The van der Waals surface area contributed by atoms with E-state index < -0.39 is 21.7 Å². The Morgan fingerprint density at radius 3 is 2.49 bits per heavy atom. The SMILES string of the molecule is CC(C)CC(=O)Nc1ccc(-c2cnc([C@@H]3CC[C@@H](NC(=O)OC(C)C)CN3)s2)c(S(=O)(=O)NC(C)(C)C)c1. The molecule has 12 heteroatoms. The number of nitrogens with one attached hydrogen (secondary N) is 4. The topological polar surface area (TPSA) is 139 Å². The average molecular weight is 580 g/mol. The number of nitrogens with zero attached hydrogens (tertiary/aromatic N) is 1. The zero-order valence-corrected chi connectivity index (χ0v) is 25.4. The lowest BCUT2D eigenvalue weighted by atomic mass is 10.0. The molecule has 2 heterocycles. The molecule has 1 aliphatic heterocycles. The Kier molecular flexibility index (Phi) is 10.1. The highest BCUT2D eigenvalue weighted by Gasteiger charge is 2.29. The summed E-state index contributed by atoms with van der Waals surface area (Å²) in [4.78, 5) is 29.7. The van der Waals surface area contributed by atoms with Gasteiger partial charge in [0.2, 0.25) is 15.9 Å². The zero-order valence-electron chi connectivity index (χ0n) is 23.8. The van der Waals surface area contributed by atoms with Crippen LogP contribution in [0, 0.1) is 5.92 Å². The maximum absolute atomic E-state index is 13.5. The van der Waals surface area contributed by atoms with E-state index >= 15 is 0 Å². The molecular formula is C27H41N5O5S2. The number of hydrogen-bond donors (Lipinski definition) is 4. The number of benzene rings is 1. The van der Waals surface area contributed by atoms with Gasteiger partial charge in [-0.15, -0.1) is 11.3 Å². The third kappa shape index (κ3) is 9.26. The number of ether oxygens (including phenoxy) is 1. The number of carbonyl (C=O) groups is 2. The molecule has 0 bridgehead atoms. The summed E-state index contributed by atoms with van der Waals surface area (Å²) < 4.78 is 34.8. The van der Waals surface area contributed by atoms with Gasteiger partial charge in [0.05, 0.1) is 21.9 Å². The van der Waals surface area contributed by atoms with Gasteiger partial charge in [-0.25, -0.2) is 22.9 Å². The first-order valence-electron chi connectivity index (χ1n) is 13.3. The standard InChI is InChI=1S/C27H41N5O5S2/c1-16(2)12-24(33)30-18-8-10-20(23(13-18)39(35,36)32-27(5,6)7)22-15-29-25(38-22)21-11-9-19(14-28-21)31-26(34)37-17(3)4/h8,10,13,15-17,19,21,28,32H,9,11-12,14H2,1-7H3,(H,30,33)(H,31,34)/t19-,21+/m1/s1. The van der Waals surface area contributed by atoms with E-state index in [4.69, 9.17) is 4.74 Å². The van der Waals surface area contributed by atoms with Gasteiger partial charge >= 0.3 is 6.09 Å². The summed E-state index contributed by atoms with van der Waals surface area (Å²) in [7, 11) is -3.91. The number of carbonyl (C=O) groups excluding carboxylic acids is 2. The summed E-state index contributed by atoms with van der Waals surface area (Å²) >= 11 is 1.43. The average Bonchev–Trinajstić information content (AvgIpc) is 3.27. The van der Waals surface area contributed by atoms with Crippen LogP contribution in [0.15, 0.2) is 29.3 Å². The van der Waals surface area contributed by atoms with Crippen molar-refractivity contribution < 1.29 is 22.7 Å². The molecule has 0 unspecified atom stereocenters. The normalized spacial score (nSPS) is 18.3. The fourth-order valence-corrected chi connectivity index (χ4v) is 7.04. The molecule has 2 atom stereocenters. The number of alkyl carbamates (subject to hydrolysis) is 1. The molecule has 1 aliphatic rings. The Hall–Kier alpha value is -2.54. The van der Waals surface area contributed by atoms with E-state index in [1.165, 1.54) is 17.4 Å². The Balaban J connectivity index is 1.82. The molecule has 10 nitrogen and oxygen atoms in total. The number of aromatic nitrogens is 1. The fourth-order valence-electron chi connectivity index (χ4n) is 4.25. The number of sulfonamides is 1. The molecule has 0 spiro atoms. The summed E-state index contributed by atoms with van der Waals surface area (Å²) in [6.45, 7) is 13.4. The van der Waals surface area contributed by atoms with Crippen LogP contribution in [-0.2, 0) is 19.6 Å². The fraction of sp³-hybridized carbons (Fsp3) is 0.593. The molecule has 0 radical (unpaired) electrons. The second-order valence-corrected chi connectivity index (χ2v) is 14.3. The smallest absolute Gasteiger partial charge is 0.407 e. The maximum Gasteiger partial charge on any atom is 0.407 e. The van der Waals surface area contributed by atoms with Gasteiger partial charge in [0.25, 0.3) is 0 Å². The molecule has 4 N–H and O–H groups in total. The van der Waals surface area contributed by atoms with Gasteiger partial charge in [-0.05, 0) is 65.5 Å². The van der Waals surface area contributed by atoms with E-state index in [-0.39, 0.29) is 34.9 Å². The number of hydrogen-bond acceptors (Lipinski definition) is 8. The van der Waals surface area contributed by atoms with E-state index in [9.17, 15) is 18.0 Å². The van der Waals surface area contributed by atoms with E-state index in [0.717, 1.165) is 17.8 Å². The summed E-state index contributed by atoms with van der Waals surface area (Å²) in [6.07, 6.45) is 2.95. The molecular weight excluding hydrogens is 538 g/mol. The van der Waals surface area contributed by atoms with Crippen LogP contribution in [0.4, 0.5) is 10.5 Å². The molecule has 1 aromatic heterocycles. The number of thiazole rings is 1.